The van der Waals surface area contributed by atoms with Crippen LogP contribution in [0.5, 0.6) is 0 Å². The zero-order valence-electron chi connectivity index (χ0n) is 51.0. The minimum atomic E-state index is -1.71. The van der Waals surface area contributed by atoms with Gasteiger partial charge in [0.1, 0.15) is 54.9 Å². The van der Waals surface area contributed by atoms with Crippen LogP contribution >= 0.6 is 0 Å². The number of aliphatic hydroxyl groups excluding tert-OH is 7. The number of ether oxygens (including phenoxy) is 6. The Hall–Kier alpha value is -2.31. The van der Waals surface area contributed by atoms with Gasteiger partial charge in [-0.05, 0) is 57.8 Å². The third kappa shape index (κ3) is 39.1. The van der Waals surface area contributed by atoms with E-state index in [0.29, 0.717) is 13.0 Å². The zero-order valence-corrected chi connectivity index (χ0v) is 51.0. The van der Waals surface area contributed by atoms with Gasteiger partial charge in [-0.1, -0.05) is 254 Å². The Morgan fingerprint density at radius 3 is 1.26 bits per heavy atom. The van der Waals surface area contributed by atoms with Crippen molar-refractivity contribution in [2.45, 2.75) is 325 Å². The van der Waals surface area contributed by atoms with Crippen molar-refractivity contribution in [1.29, 1.82) is 0 Å². The quantitative estimate of drug-likeness (QED) is 0.0172. The van der Waals surface area contributed by atoms with Gasteiger partial charge >= 0.3 is 5.97 Å². The molecule has 81 heavy (non-hydrogen) atoms. The lowest BCUT2D eigenvalue weighted by molar-refractivity contribution is -0.332. The van der Waals surface area contributed by atoms with Gasteiger partial charge < -0.3 is 64.2 Å². The molecular weight excluding hydrogens is 1030 g/mol. The number of hydrogen-bond donors (Lipinski definition) is 7. The largest absolute Gasteiger partial charge is 0.457 e. The molecule has 0 saturated carbocycles. The number of hydrogen-bond acceptors (Lipinski definition) is 14. The lowest BCUT2D eigenvalue weighted by Crippen LogP contribution is -2.61. The van der Waals surface area contributed by atoms with Gasteiger partial charge in [-0.15, -0.1) is 0 Å². The van der Waals surface area contributed by atoms with E-state index in [1.807, 2.05) is 0 Å². The lowest BCUT2D eigenvalue weighted by atomic mass is 9.98. The summed E-state index contributed by atoms with van der Waals surface area (Å²) in [4.78, 5) is 13.1. The van der Waals surface area contributed by atoms with E-state index < -0.39 is 80.7 Å². The summed E-state index contributed by atoms with van der Waals surface area (Å²) < 4.78 is 34.5. The molecule has 0 bridgehead atoms. The van der Waals surface area contributed by atoms with Gasteiger partial charge in [0.2, 0.25) is 0 Å². The topological polar surface area (TPSA) is 214 Å². The molecule has 14 heteroatoms. The number of unbranched alkanes of at least 4 members (excludes halogenated alkanes) is 30. The molecular formula is C67H120O14. The van der Waals surface area contributed by atoms with Gasteiger partial charge in [0, 0.05) is 13.0 Å². The van der Waals surface area contributed by atoms with E-state index in [9.17, 15) is 40.5 Å². The van der Waals surface area contributed by atoms with Gasteiger partial charge in [0.15, 0.2) is 12.6 Å². The smallest absolute Gasteiger partial charge is 0.306 e. The van der Waals surface area contributed by atoms with E-state index >= 15 is 0 Å². The fraction of sp³-hybridized carbons (Fsp3) is 0.836. The summed E-state index contributed by atoms with van der Waals surface area (Å²) in [5.41, 5.74) is 0. The monoisotopic (exact) mass is 1150 g/mol. The Kier molecular flexibility index (Phi) is 49.1. The van der Waals surface area contributed by atoms with Crippen LogP contribution in [-0.4, -0.2) is 142 Å². The first-order valence-corrected chi connectivity index (χ1v) is 32.9. The number of carbonyl (C=O) groups excluding carboxylic acids is 1. The molecule has 0 spiro atoms. The van der Waals surface area contributed by atoms with Crippen molar-refractivity contribution in [2.24, 2.45) is 0 Å². The summed E-state index contributed by atoms with van der Waals surface area (Å²) in [5.74, 6) is -0.384. The molecule has 0 amide bonds. The highest BCUT2D eigenvalue weighted by Crippen LogP contribution is 2.27. The highest BCUT2D eigenvalue weighted by atomic mass is 16.7. The minimum Gasteiger partial charge on any atom is -0.457 e. The molecule has 0 aromatic rings. The molecule has 11 atom stereocenters. The van der Waals surface area contributed by atoms with E-state index in [1.54, 1.807) is 0 Å². The van der Waals surface area contributed by atoms with Crippen molar-refractivity contribution < 1.29 is 69.0 Å². The van der Waals surface area contributed by atoms with Crippen LogP contribution in [-0.2, 0) is 33.2 Å². The molecule has 2 heterocycles. The molecule has 0 aromatic carbocycles. The summed E-state index contributed by atoms with van der Waals surface area (Å²) in [6.07, 6.45) is 51.4. The molecule has 0 aromatic heterocycles. The molecule has 2 aliphatic rings. The number of esters is 1. The Labute approximate surface area is 492 Å². The Balaban J connectivity index is 1.67. The SMILES string of the molecule is CC/C=C\C/C=C\C/C=C\C/C=C\C/C=C\CCCCCCCCCC(=O)OC(COCCCCCCCCCCCCCCCCCCCCCCCCCC)COC1OC(COC2OC(CO)C(O)C(O)C2O)C(O)C(O)C1O. The first kappa shape index (κ1) is 74.8. The molecule has 2 saturated heterocycles. The second kappa shape index (κ2) is 53.2. The predicted octanol–water partition coefficient (Wildman–Crippen LogP) is 13.2. The summed E-state index contributed by atoms with van der Waals surface area (Å²) in [6, 6.07) is 0. The Morgan fingerprint density at radius 1 is 0.420 bits per heavy atom. The average molecular weight is 1150 g/mol. The summed E-state index contributed by atoms with van der Waals surface area (Å²) in [5, 5.41) is 72.5. The molecule has 2 fully saturated rings. The lowest BCUT2D eigenvalue weighted by Gasteiger charge is -2.42. The molecule has 14 nitrogen and oxygen atoms in total. The third-order valence-electron chi connectivity index (χ3n) is 15.5. The van der Waals surface area contributed by atoms with Crippen molar-refractivity contribution in [2.75, 3.05) is 33.0 Å². The number of aliphatic hydroxyl groups is 7. The van der Waals surface area contributed by atoms with Crippen molar-refractivity contribution >= 4 is 5.97 Å². The van der Waals surface area contributed by atoms with Crippen molar-refractivity contribution in [3.8, 4) is 0 Å². The van der Waals surface area contributed by atoms with Crippen LogP contribution in [0, 0.1) is 0 Å². The zero-order chi connectivity index (χ0) is 58.6. The number of carbonyl (C=O) groups is 1. The molecule has 11 unspecified atom stereocenters. The molecule has 7 N–H and O–H groups in total. The fourth-order valence-corrected chi connectivity index (χ4v) is 10.3. The van der Waals surface area contributed by atoms with Crippen LogP contribution in [0.15, 0.2) is 60.8 Å². The molecule has 2 aliphatic heterocycles. The Morgan fingerprint density at radius 2 is 0.802 bits per heavy atom. The van der Waals surface area contributed by atoms with Gasteiger partial charge in [-0.2, -0.15) is 0 Å². The van der Waals surface area contributed by atoms with Crippen LogP contribution < -0.4 is 0 Å². The van der Waals surface area contributed by atoms with E-state index in [0.717, 1.165) is 83.5 Å². The standard InChI is InChI=1S/C67H120O14/c1-3-5-7-9-11-13-15-17-19-21-23-25-27-29-31-33-35-37-39-41-43-45-47-49-51-76-53-56(54-77-66-65(75)63(73)61(71)58(81-66)55-78-67-64(74)62(72)60(70)57(52-68)80-67)79-59(69)50-48-46-44-42-40-38-36-34-32-30-28-26-24-22-20-18-16-14-12-10-8-6-4-2/h6,8,12,14,18,20,24,26,30,32,56-58,60-68,70-75H,3-5,7,9-11,13,15-17,19,21-23,25,27-29,31,33-55H2,1-2H3/b8-6-,14-12-,20-18-,26-24-,32-30-. The van der Waals surface area contributed by atoms with Crippen molar-refractivity contribution in [3.63, 3.8) is 0 Å². The maximum Gasteiger partial charge on any atom is 0.306 e. The maximum atomic E-state index is 13.1. The summed E-state index contributed by atoms with van der Waals surface area (Å²) >= 11 is 0. The van der Waals surface area contributed by atoms with Crippen LogP contribution in [0.3, 0.4) is 0 Å². The van der Waals surface area contributed by atoms with E-state index in [-0.39, 0.29) is 25.6 Å². The van der Waals surface area contributed by atoms with Crippen LogP contribution in [0.4, 0.5) is 0 Å². The highest BCUT2D eigenvalue weighted by Gasteiger charge is 2.47. The normalized spacial score (nSPS) is 24.1. The molecule has 2 rings (SSSR count). The molecule has 0 radical (unpaired) electrons. The molecule has 472 valence electrons. The van der Waals surface area contributed by atoms with Gasteiger partial charge in [0.05, 0.1) is 26.4 Å². The average Bonchev–Trinajstić information content (AvgIpc) is 3.46. The number of rotatable bonds is 54. The summed E-state index contributed by atoms with van der Waals surface area (Å²) in [7, 11) is 0. The molecule has 0 aliphatic carbocycles. The van der Waals surface area contributed by atoms with Crippen molar-refractivity contribution in [3.05, 3.63) is 60.8 Å². The van der Waals surface area contributed by atoms with E-state index in [1.165, 1.54) is 148 Å². The first-order chi connectivity index (χ1) is 39.6. The summed E-state index contributed by atoms with van der Waals surface area (Å²) in [6.45, 7) is 3.61. The van der Waals surface area contributed by atoms with E-state index in [2.05, 4.69) is 74.6 Å². The number of allylic oxidation sites excluding steroid dienone is 10. The maximum absolute atomic E-state index is 13.1. The van der Waals surface area contributed by atoms with Crippen LogP contribution in [0.25, 0.3) is 0 Å². The van der Waals surface area contributed by atoms with Crippen molar-refractivity contribution in [1.82, 2.24) is 0 Å². The first-order valence-electron chi connectivity index (χ1n) is 32.9. The predicted molar refractivity (Wildman–Crippen MR) is 326 cm³/mol. The fourth-order valence-electron chi connectivity index (χ4n) is 10.3. The van der Waals surface area contributed by atoms with E-state index in [4.69, 9.17) is 28.4 Å². The van der Waals surface area contributed by atoms with Gasteiger partial charge in [-0.25, -0.2) is 0 Å². The second-order valence-electron chi connectivity index (χ2n) is 22.9. The Bertz CT molecular complexity index is 1570. The second-order valence-corrected chi connectivity index (χ2v) is 22.9. The van der Waals surface area contributed by atoms with Gasteiger partial charge in [-0.3, -0.25) is 4.79 Å². The van der Waals surface area contributed by atoms with Crippen LogP contribution in [0.2, 0.25) is 0 Å². The minimum absolute atomic E-state index is 0.0579. The van der Waals surface area contributed by atoms with Crippen LogP contribution in [0.1, 0.15) is 258 Å². The third-order valence-corrected chi connectivity index (χ3v) is 15.5. The highest BCUT2D eigenvalue weighted by molar-refractivity contribution is 5.69. The van der Waals surface area contributed by atoms with Gasteiger partial charge in [0.25, 0.3) is 0 Å².